The van der Waals surface area contributed by atoms with Gasteiger partial charge in [-0.15, -0.1) is 0 Å². The number of carbonyl (C=O) groups excluding carboxylic acids is 1. The molecule has 19 heavy (non-hydrogen) atoms. The number of carbonyl (C=O) groups is 1. The van der Waals surface area contributed by atoms with Crippen molar-refractivity contribution in [1.82, 2.24) is 4.98 Å². The molecule has 0 saturated carbocycles. The van der Waals surface area contributed by atoms with Crippen LogP contribution in [0, 0.1) is 11.6 Å². The van der Waals surface area contributed by atoms with Crippen molar-refractivity contribution in [3.63, 3.8) is 0 Å². The highest BCUT2D eigenvalue weighted by Crippen LogP contribution is 2.25. The van der Waals surface area contributed by atoms with Gasteiger partial charge in [-0.1, -0.05) is 11.6 Å². The summed E-state index contributed by atoms with van der Waals surface area (Å²) in [4.78, 5) is 14.5. The lowest BCUT2D eigenvalue weighted by molar-refractivity contribution is 0.0996. The van der Waals surface area contributed by atoms with Gasteiger partial charge in [0.15, 0.2) is 5.82 Å². The molecular formula is C12H7ClF2N2O2. The van der Waals surface area contributed by atoms with E-state index >= 15 is 0 Å². The van der Waals surface area contributed by atoms with Crippen molar-refractivity contribution in [2.75, 3.05) is 0 Å². The summed E-state index contributed by atoms with van der Waals surface area (Å²) in [6.45, 7) is 0. The van der Waals surface area contributed by atoms with Gasteiger partial charge in [0.25, 0.3) is 11.8 Å². The maximum atomic E-state index is 13.5. The molecule has 0 fully saturated rings. The summed E-state index contributed by atoms with van der Waals surface area (Å²) in [5.74, 6) is -2.92. The van der Waals surface area contributed by atoms with Crippen LogP contribution in [0.3, 0.4) is 0 Å². The summed E-state index contributed by atoms with van der Waals surface area (Å²) >= 11 is 5.53. The van der Waals surface area contributed by atoms with Crippen LogP contribution in [-0.2, 0) is 0 Å². The van der Waals surface area contributed by atoms with Gasteiger partial charge in [-0.25, -0.2) is 13.8 Å². The fourth-order valence-electron chi connectivity index (χ4n) is 1.35. The number of amides is 1. The smallest absolute Gasteiger partial charge is 0.255 e. The molecule has 1 heterocycles. The van der Waals surface area contributed by atoms with Crippen LogP contribution in [0.1, 0.15) is 10.4 Å². The number of benzene rings is 1. The largest absolute Gasteiger partial charge is 0.436 e. The van der Waals surface area contributed by atoms with Crippen LogP contribution in [0.2, 0.25) is 5.02 Å². The molecule has 1 aromatic carbocycles. The Kier molecular flexibility index (Phi) is 3.62. The van der Waals surface area contributed by atoms with Crippen LogP contribution in [0.4, 0.5) is 8.78 Å². The highest BCUT2D eigenvalue weighted by atomic mass is 35.5. The molecule has 0 saturated heterocycles. The van der Waals surface area contributed by atoms with Gasteiger partial charge in [-0.05, 0) is 18.2 Å². The van der Waals surface area contributed by atoms with Crippen LogP contribution in [0.15, 0.2) is 30.5 Å². The minimum Gasteiger partial charge on any atom is -0.436 e. The Bertz CT molecular complexity index is 650. The van der Waals surface area contributed by atoms with E-state index in [1.54, 1.807) is 0 Å². The molecule has 98 valence electrons. The Labute approximate surface area is 111 Å². The Morgan fingerprint density at radius 2 is 2.00 bits per heavy atom. The summed E-state index contributed by atoms with van der Waals surface area (Å²) in [5.41, 5.74) is 4.67. The summed E-state index contributed by atoms with van der Waals surface area (Å²) in [6.07, 6.45) is 1.19. The minimum absolute atomic E-state index is 0.0174. The SMILES string of the molecule is NC(=O)c1ccc(Oc2ncc(Cl)cc2F)cc1F. The minimum atomic E-state index is -0.903. The summed E-state index contributed by atoms with van der Waals surface area (Å²) in [7, 11) is 0. The molecule has 0 unspecified atom stereocenters. The van der Waals surface area contributed by atoms with Crippen LogP contribution < -0.4 is 10.5 Å². The zero-order valence-electron chi connectivity index (χ0n) is 9.36. The molecule has 2 rings (SSSR count). The quantitative estimate of drug-likeness (QED) is 0.942. The summed E-state index contributed by atoms with van der Waals surface area (Å²) in [5, 5.41) is 0.111. The molecule has 0 spiro atoms. The predicted octanol–water partition coefficient (Wildman–Crippen LogP) is 2.90. The summed E-state index contributed by atoms with van der Waals surface area (Å²) in [6, 6.07) is 4.34. The molecule has 0 atom stereocenters. The van der Waals surface area contributed by atoms with Crippen molar-refractivity contribution < 1.29 is 18.3 Å². The zero-order valence-corrected chi connectivity index (χ0v) is 10.1. The van der Waals surface area contributed by atoms with Gasteiger partial charge in [0.1, 0.15) is 11.6 Å². The van der Waals surface area contributed by atoms with E-state index < -0.39 is 17.5 Å². The predicted molar refractivity (Wildman–Crippen MR) is 64.2 cm³/mol. The van der Waals surface area contributed by atoms with Crippen LogP contribution >= 0.6 is 11.6 Å². The fraction of sp³-hybridized carbons (Fsp3) is 0. The first kappa shape index (κ1) is 13.2. The van der Waals surface area contributed by atoms with E-state index in [4.69, 9.17) is 22.1 Å². The number of pyridine rings is 1. The average molecular weight is 285 g/mol. The number of aromatic nitrogens is 1. The molecular weight excluding hydrogens is 278 g/mol. The molecule has 2 N–H and O–H groups in total. The molecule has 1 amide bonds. The van der Waals surface area contributed by atoms with Crippen molar-refractivity contribution in [1.29, 1.82) is 0 Å². The number of hydrogen-bond acceptors (Lipinski definition) is 3. The number of primary amides is 1. The second-order valence-electron chi connectivity index (χ2n) is 3.55. The Hall–Kier alpha value is -2.21. The summed E-state index contributed by atoms with van der Waals surface area (Å²) < 4.78 is 31.9. The van der Waals surface area contributed by atoms with Crippen molar-refractivity contribution in [2.45, 2.75) is 0 Å². The van der Waals surface area contributed by atoms with E-state index in [0.29, 0.717) is 0 Å². The second kappa shape index (κ2) is 5.19. The lowest BCUT2D eigenvalue weighted by Crippen LogP contribution is -2.12. The topological polar surface area (TPSA) is 65.2 Å². The van der Waals surface area contributed by atoms with Gasteiger partial charge in [-0.2, -0.15) is 0 Å². The molecule has 0 aliphatic rings. The van der Waals surface area contributed by atoms with Gasteiger partial charge in [-0.3, -0.25) is 4.79 Å². The zero-order chi connectivity index (χ0) is 14.0. The monoisotopic (exact) mass is 284 g/mol. The van der Waals surface area contributed by atoms with E-state index in [9.17, 15) is 13.6 Å². The van der Waals surface area contributed by atoms with Gasteiger partial charge in [0.05, 0.1) is 10.6 Å². The van der Waals surface area contributed by atoms with Gasteiger partial charge in [0, 0.05) is 12.3 Å². The highest BCUT2D eigenvalue weighted by molar-refractivity contribution is 6.30. The molecule has 0 aliphatic carbocycles. The number of ether oxygens (including phenoxy) is 1. The van der Waals surface area contributed by atoms with Crippen molar-refractivity contribution in [3.8, 4) is 11.6 Å². The third kappa shape index (κ3) is 2.97. The normalized spacial score (nSPS) is 10.3. The van der Waals surface area contributed by atoms with Crippen molar-refractivity contribution in [3.05, 3.63) is 52.7 Å². The van der Waals surface area contributed by atoms with E-state index in [-0.39, 0.29) is 22.2 Å². The van der Waals surface area contributed by atoms with Crippen LogP contribution in [-0.4, -0.2) is 10.9 Å². The first-order valence-corrected chi connectivity index (χ1v) is 5.43. The molecule has 1 aromatic heterocycles. The molecule has 4 nitrogen and oxygen atoms in total. The lowest BCUT2D eigenvalue weighted by Gasteiger charge is -2.06. The highest BCUT2D eigenvalue weighted by Gasteiger charge is 2.12. The lowest BCUT2D eigenvalue weighted by atomic mass is 10.2. The average Bonchev–Trinajstić information content (AvgIpc) is 2.32. The van der Waals surface area contributed by atoms with E-state index in [0.717, 1.165) is 18.2 Å². The van der Waals surface area contributed by atoms with E-state index in [1.165, 1.54) is 12.3 Å². The Morgan fingerprint density at radius 3 is 2.58 bits per heavy atom. The molecule has 7 heteroatoms. The number of hydrogen-bond donors (Lipinski definition) is 1. The molecule has 2 aromatic rings. The molecule has 0 radical (unpaired) electrons. The number of halogens is 3. The number of rotatable bonds is 3. The maximum absolute atomic E-state index is 13.5. The Balaban J connectivity index is 2.29. The van der Waals surface area contributed by atoms with Crippen LogP contribution in [0.5, 0.6) is 11.6 Å². The Morgan fingerprint density at radius 1 is 1.26 bits per heavy atom. The second-order valence-corrected chi connectivity index (χ2v) is 3.98. The van der Waals surface area contributed by atoms with Crippen LogP contribution in [0.25, 0.3) is 0 Å². The van der Waals surface area contributed by atoms with E-state index in [1.807, 2.05) is 0 Å². The fourth-order valence-corrected chi connectivity index (χ4v) is 1.49. The van der Waals surface area contributed by atoms with Crippen molar-refractivity contribution in [2.24, 2.45) is 5.73 Å². The molecule has 0 bridgehead atoms. The van der Waals surface area contributed by atoms with Gasteiger partial charge in [0.2, 0.25) is 0 Å². The molecule has 0 aliphatic heterocycles. The number of nitrogens with two attached hydrogens (primary N) is 1. The maximum Gasteiger partial charge on any atom is 0.255 e. The third-order valence-electron chi connectivity index (χ3n) is 2.19. The van der Waals surface area contributed by atoms with E-state index in [2.05, 4.69) is 4.98 Å². The van der Waals surface area contributed by atoms with Gasteiger partial charge < -0.3 is 10.5 Å². The third-order valence-corrected chi connectivity index (χ3v) is 2.40. The van der Waals surface area contributed by atoms with Crippen molar-refractivity contribution >= 4 is 17.5 Å². The standard InChI is InChI=1S/C12H7ClF2N2O2/c13-6-3-10(15)12(17-5-6)19-7-1-2-8(11(16)18)9(14)4-7/h1-5H,(H2,16,18). The first-order chi connectivity index (χ1) is 8.97. The first-order valence-electron chi connectivity index (χ1n) is 5.05. The number of nitrogens with zero attached hydrogens (tertiary/aromatic N) is 1. The van der Waals surface area contributed by atoms with Gasteiger partial charge >= 0.3 is 0 Å².